The van der Waals surface area contributed by atoms with Gasteiger partial charge in [-0.3, -0.25) is 4.79 Å². The summed E-state index contributed by atoms with van der Waals surface area (Å²) in [6.07, 6.45) is 0.860. The molecular weight excluding hydrogens is 386 g/mol. The number of anilines is 1. The lowest BCUT2D eigenvalue weighted by molar-refractivity contribution is -0.116. The van der Waals surface area contributed by atoms with E-state index in [1.807, 2.05) is 103 Å². The van der Waals surface area contributed by atoms with Crippen LogP contribution in [0.2, 0.25) is 0 Å². The summed E-state index contributed by atoms with van der Waals surface area (Å²) in [6.45, 7) is 4.00. The molecule has 1 heterocycles. The number of hydrogen-bond donors (Lipinski definition) is 1. The molecule has 4 aromatic rings. The standard InChI is InChI=1S/C26H25N3O2/c1-19-11-9-10-16-24(19)29-26(31-22-14-7-4-8-15-22)23(20(2)28-29)17-18-25(30)27-21-12-5-3-6-13-21/h3-16H,17-18H2,1-2H3,(H,27,30). The zero-order chi connectivity index (χ0) is 21.6. The lowest BCUT2D eigenvalue weighted by atomic mass is 10.1. The van der Waals surface area contributed by atoms with Gasteiger partial charge in [-0.1, -0.05) is 54.6 Å². The third-order valence-corrected chi connectivity index (χ3v) is 5.10. The fraction of sp³-hybridized carbons (Fsp3) is 0.154. The average Bonchev–Trinajstić information content (AvgIpc) is 3.09. The number of ether oxygens (including phenoxy) is 1. The first kappa shape index (κ1) is 20.4. The zero-order valence-corrected chi connectivity index (χ0v) is 17.7. The molecule has 0 spiro atoms. The Balaban J connectivity index is 1.63. The van der Waals surface area contributed by atoms with Gasteiger partial charge in [-0.2, -0.15) is 9.78 Å². The van der Waals surface area contributed by atoms with E-state index in [-0.39, 0.29) is 5.91 Å². The van der Waals surface area contributed by atoms with E-state index in [9.17, 15) is 4.79 Å². The maximum absolute atomic E-state index is 12.5. The van der Waals surface area contributed by atoms with Gasteiger partial charge in [0.25, 0.3) is 0 Å². The molecule has 3 aromatic carbocycles. The number of rotatable bonds is 7. The van der Waals surface area contributed by atoms with Crippen LogP contribution in [0.3, 0.4) is 0 Å². The average molecular weight is 412 g/mol. The Kier molecular flexibility index (Phi) is 6.13. The molecule has 0 radical (unpaired) electrons. The quantitative estimate of drug-likeness (QED) is 0.415. The van der Waals surface area contributed by atoms with Crippen molar-refractivity contribution in [3.63, 3.8) is 0 Å². The Bertz CT molecular complexity index is 1170. The van der Waals surface area contributed by atoms with Gasteiger partial charge < -0.3 is 10.1 Å². The van der Waals surface area contributed by atoms with E-state index in [1.165, 1.54) is 0 Å². The molecule has 1 amide bonds. The molecule has 0 fully saturated rings. The lowest BCUT2D eigenvalue weighted by Crippen LogP contribution is -2.12. The van der Waals surface area contributed by atoms with Crippen molar-refractivity contribution in [2.24, 2.45) is 0 Å². The maximum atomic E-state index is 12.5. The molecule has 156 valence electrons. The van der Waals surface area contributed by atoms with Gasteiger partial charge in [0.05, 0.1) is 11.4 Å². The topological polar surface area (TPSA) is 56.2 Å². The Morgan fingerprint density at radius 1 is 0.903 bits per heavy atom. The van der Waals surface area contributed by atoms with Crippen LogP contribution in [0.5, 0.6) is 11.6 Å². The van der Waals surface area contributed by atoms with Gasteiger partial charge in [0.15, 0.2) is 0 Å². The van der Waals surface area contributed by atoms with Crippen LogP contribution < -0.4 is 10.1 Å². The summed E-state index contributed by atoms with van der Waals surface area (Å²) in [4.78, 5) is 12.5. The Labute approximate surface area is 182 Å². The summed E-state index contributed by atoms with van der Waals surface area (Å²) in [5, 5.41) is 7.70. The molecule has 0 aliphatic rings. The van der Waals surface area contributed by atoms with Crippen LogP contribution in [0.1, 0.15) is 23.2 Å². The van der Waals surface area contributed by atoms with Crippen molar-refractivity contribution in [2.75, 3.05) is 5.32 Å². The fourth-order valence-electron chi connectivity index (χ4n) is 3.48. The van der Waals surface area contributed by atoms with Gasteiger partial charge in [-0.15, -0.1) is 0 Å². The molecule has 0 atom stereocenters. The van der Waals surface area contributed by atoms with E-state index in [0.29, 0.717) is 18.7 Å². The van der Waals surface area contributed by atoms with E-state index in [4.69, 9.17) is 9.84 Å². The minimum Gasteiger partial charge on any atom is -0.439 e. The second-order valence-corrected chi connectivity index (χ2v) is 7.40. The smallest absolute Gasteiger partial charge is 0.226 e. The van der Waals surface area contributed by atoms with Gasteiger partial charge in [0.2, 0.25) is 11.8 Å². The third-order valence-electron chi connectivity index (χ3n) is 5.10. The molecular formula is C26H25N3O2. The molecule has 0 bridgehead atoms. The molecule has 1 aromatic heterocycles. The minimum absolute atomic E-state index is 0.0418. The zero-order valence-electron chi connectivity index (χ0n) is 17.7. The molecule has 0 aliphatic carbocycles. The molecule has 4 rings (SSSR count). The number of amides is 1. The summed E-state index contributed by atoms with van der Waals surface area (Å²) in [5.41, 5.74) is 4.62. The van der Waals surface area contributed by atoms with Crippen LogP contribution in [-0.2, 0) is 11.2 Å². The number of carbonyl (C=O) groups excluding carboxylic acids is 1. The first-order chi connectivity index (χ1) is 15.1. The monoisotopic (exact) mass is 411 g/mol. The SMILES string of the molecule is Cc1ccccc1-n1nc(C)c(CCC(=O)Nc2ccccc2)c1Oc1ccccc1. The summed E-state index contributed by atoms with van der Waals surface area (Å²) in [6, 6.07) is 27.2. The number of aryl methyl sites for hydroxylation is 2. The van der Waals surface area contributed by atoms with E-state index in [0.717, 1.165) is 33.9 Å². The van der Waals surface area contributed by atoms with Gasteiger partial charge in [-0.05, 0) is 56.2 Å². The van der Waals surface area contributed by atoms with Crippen LogP contribution >= 0.6 is 0 Å². The van der Waals surface area contributed by atoms with Crippen molar-refractivity contribution in [3.8, 4) is 17.3 Å². The molecule has 1 N–H and O–H groups in total. The summed E-state index contributed by atoms with van der Waals surface area (Å²) in [5.74, 6) is 1.33. The molecule has 0 unspecified atom stereocenters. The molecule has 0 saturated heterocycles. The fourth-order valence-corrected chi connectivity index (χ4v) is 3.48. The maximum Gasteiger partial charge on any atom is 0.226 e. The van der Waals surface area contributed by atoms with Crippen molar-refractivity contribution in [3.05, 3.63) is 102 Å². The van der Waals surface area contributed by atoms with Crippen molar-refractivity contribution < 1.29 is 9.53 Å². The summed E-state index contributed by atoms with van der Waals surface area (Å²) >= 11 is 0. The number of benzene rings is 3. The number of carbonyl (C=O) groups is 1. The second kappa shape index (κ2) is 9.30. The van der Waals surface area contributed by atoms with Gasteiger partial charge in [-0.25, -0.2) is 0 Å². The molecule has 31 heavy (non-hydrogen) atoms. The van der Waals surface area contributed by atoms with E-state index >= 15 is 0 Å². The Morgan fingerprint density at radius 3 is 2.26 bits per heavy atom. The van der Waals surface area contributed by atoms with E-state index < -0.39 is 0 Å². The van der Waals surface area contributed by atoms with Gasteiger partial charge in [0.1, 0.15) is 5.75 Å². The van der Waals surface area contributed by atoms with E-state index in [2.05, 4.69) is 5.32 Å². The molecule has 5 nitrogen and oxygen atoms in total. The molecule has 0 aliphatic heterocycles. The predicted molar refractivity (Wildman–Crippen MR) is 123 cm³/mol. The Morgan fingerprint density at radius 2 is 1.55 bits per heavy atom. The first-order valence-electron chi connectivity index (χ1n) is 10.3. The molecule has 5 heteroatoms. The van der Waals surface area contributed by atoms with E-state index in [1.54, 1.807) is 0 Å². The Hall–Kier alpha value is -3.86. The highest BCUT2D eigenvalue weighted by atomic mass is 16.5. The number of aromatic nitrogens is 2. The van der Waals surface area contributed by atoms with Crippen LogP contribution in [0.25, 0.3) is 5.69 Å². The second-order valence-electron chi connectivity index (χ2n) is 7.40. The minimum atomic E-state index is -0.0418. The van der Waals surface area contributed by atoms with Crippen LogP contribution in [0.15, 0.2) is 84.9 Å². The van der Waals surface area contributed by atoms with Gasteiger partial charge >= 0.3 is 0 Å². The highest BCUT2D eigenvalue weighted by molar-refractivity contribution is 5.90. The van der Waals surface area contributed by atoms with Crippen LogP contribution in [0, 0.1) is 13.8 Å². The van der Waals surface area contributed by atoms with Crippen LogP contribution in [0.4, 0.5) is 5.69 Å². The number of para-hydroxylation sites is 3. The largest absolute Gasteiger partial charge is 0.439 e. The van der Waals surface area contributed by atoms with Crippen LogP contribution in [-0.4, -0.2) is 15.7 Å². The van der Waals surface area contributed by atoms with Gasteiger partial charge in [0, 0.05) is 17.7 Å². The highest BCUT2D eigenvalue weighted by Crippen LogP contribution is 2.32. The molecule has 0 saturated carbocycles. The van der Waals surface area contributed by atoms with Crippen molar-refractivity contribution in [1.82, 2.24) is 9.78 Å². The van der Waals surface area contributed by atoms with Crippen molar-refractivity contribution in [2.45, 2.75) is 26.7 Å². The van der Waals surface area contributed by atoms with Crippen molar-refractivity contribution >= 4 is 11.6 Å². The summed E-state index contributed by atoms with van der Waals surface area (Å²) < 4.78 is 8.13. The lowest BCUT2D eigenvalue weighted by Gasteiger charge is -2.13. The number of hydrogen-bond acceptors (Lipinski definition) is 3. The normalized spacial score (nSPS) is 10.6. The summed E-state index contributed by atoms with van der Waals surface area (Å²) in [7, 11) is 0. The first-order valence-corrected chi connectivity index (χ1v) is 10.3. The van der Waals surface area contributed by atoms with Crippen molar-refractivity contribution in [1.29, 1.82) is 0 Å². The number of nitrogens with one attached hydrogen (secondary N) is 1. The predicted octanol–water partition coefficient (Wildman–Crippen LogP) is 5.85. The highest BCUT2D eigenvalue weighted by Gasteiger charge is 2.20. The third kappa shape index (κ3) is 4.83. The number of nitrogens with zero attached hydrogens (tertiary/aromatic N) is 2.